The van der Waals surface area contributed by atoms with Gasteiger partial charge in [-0.05, 0) is 35.7 Å². The van der Waals surface area contributed by atoms with Crippen molar-refractivity contribution in [3.05, 3.63) is 46.0 Å². The smallest absolute Gasteiger partial charge is 0.225 e. The molecule has 1 aliphatic rings. The monoisotopic (exact) mass is 372 g/mol. The molecule has 0 aromatic carbocycles. The number of thiophene rings is 2. The SMILES string of the molecule is O=C(Cc1cccs1)NC1CCN(c2cc(-c3cccs3)[nH]n2)CC1. The zero-order chi connectivity index (χ0) is 17.1. The van der Waals surface area contributed by atoms with Crippen molar-refractivity contribution >= 4 is 34.4 Å². The Labute approximate surface area is 154 Å². The fourth-order valence-corrected chi connectivity index (χ4v) is 4.53. The van der Waals surface area contributed by atoms with E-state index in [2.05, 4.69) is 37.9 Å². The van der Waals surface area contributed by atoms with Gasteiger partial charge in [0.25, 0.3) is 0 Å². The molecule has 0 bridgehead atoms. The van der Waals surface area contributed by atoms with Crippen molar-refractivity contribution in [3.63, 3.8) is 0 Å². The van der Waals surface area contributed by atoms with Gasteiger partial charge in [0.2, 0.25) is 5.91 Å². The lowest BCUT2D eigenvalue weighted by molar-refractivity contribution is -0.121. The van der Waals surface area contributed by atoms with E-state index in [1.807, 2.05) is 23.6 Å². The molecule has 1 aliphatic heterocycles. The van der Waals surface area contributed by atoms with Gasteiger partial charge in [-0.15, -0.1) is 22.7 Å². The maximum absolute atomic E-state index is 12.1. The van der Waals surface area contributed by atoms with Crippen LogP contribution in [0.15, 0.2) is 41.1 Å². The summed E-state index contributed by atoms with van der Waals surface area (Å²) in [6.07, 6.45) is 2.40. The van der Waals surface area contributed by atoms with Crippen LogP contribution >= 0.6 is 22.7 Å². The summed E-state index contributed by atoms with van der Waals surface area (Å²) in [6, 6.07) is 10.5. The second kappa shape index (κ2) is 7.41. The van der Waals surface area contributed by atoms with Gasteiger partial charge in [-0.1, -0.05) is 12.1 Å². The quantitative estimate of drug-likeness (QED) is 0.720. The van der Waals surface area contributed by atoms with Crippen molar-refractivity contribution < 1.29 is 4.79 Å². The summed E-state index contributed by atoms with van der Waals surface area (Å²) in [5.74, 6) is 1.12. The molecule has 0 saturated carbocycles. The average molecular weight is 373 g/mol. The second-order valence-electron chi connectivity index (χ2n) is 6.20. The van der Waals surface area contributed by atoms with Crippen LogP contribution in [-0.4, -0.2) is 35.2 Å². The lowest BCUT2D eigenvalue weighted by Crippen LogP contribution is -2.45. The molecule has 0 unspecified atom stereocenters. The lowest BCUT2D eigenvalue weighted by Gasteiger charge is -2.32. The van der Waals surface area contributed by atoms with Crippen molar-refractivity contribution in [2.24, 2.45) is 0 Å². The molecule has 1 fully saturated rings. The van der Waals surface area contributed by atoms with E-state index in [0.717, 1.165) is 42.3 Å². The van der Waals surface area contributed by atoms with Gasteiger partial charge in [0.15, 0.2) is 5.82 Å². The molecular weight excluding hydrogens is 352 g/mol. The molecule has 1 amide bonds. The maximum Gasteiger partial charge on any atom is 0.225 e. The Morgan fingerprint density at radius 2 is 2.04 bits per heavy atom. The van der Waals surface area contributed by atoms with Gasteiger partial charge in [-0.25, -0.2) is 0 Å². The molecule has 3 aromatic rings. The number of aromatic amines is 1. The minimum atomic E-state index is 0.126. The summed E-state index contributed by atoms with van der Waals surface area (Å²) in [5, 5.41) is 14.8. The summed E-state index contributed by atoms with van der Waals surface area (Å²) >= 11 is 3.34. The van der Waals surface area contributed by atoms with Gasteiger partial charge >= 0.3 is 0 Å². The van der Waals surface area contributed by atoms with Gasteiger partial charge in [-0.3, -0.25) is 9.89 Å². The van der Waals surface area contributed by atoms with E-state index in [1.54, 1.807) is 22.7 Å². The highest BCUT2D eigenvalue weighted by atomic mass is 32.1. The van der Waals surface area contributed by atoms with Crippen LogP contribution in [0, 0.1) is 0 Å². The van der Waals surface area contributed by atoms with Gasteiger partial charge in [-0.2, -0.15) is 5.10 Å². The molecule has 0 aliphatic carbocycles. The number of aromatic nitrogens is 2. The van der Waals surface area contributed by atoms with Crippen LogP contribution in [0.2, 0.25) is 0 Å². The number of rotatable bonds is 5. The van der Waals surface area contributed by atoms with E-state index in [9.17, 15) is 4.79 Å². The first-order chi connectivity index (χ1) is 12.3. The number of carbonyl (C=O) groups excluding carboxylic acids is 1. The van der Waals surface area contributed by atoms with Crippen LogP contribution in [0.3, 0.4) is 0 Å². The average Bonchev–Trinajstić information content (AvgIpc) is 3.37. The third-order valence-corrected chi connectivity index (χ3v) is 6.23. The summed E-state index contributed by atoms with van der Waals surface area (Å²) in [5.41, 5.74) is 1.07. The molecule has 3 aromatic heterocycles. The van der Waals surface area contributed by atoms with E-state index < -0.39 is 0 Å². The second-order valence-corrected chi connectivity index (χ2v) is 8.18. The summed E-state index contributed by atoms with van der Waals surface area (Å²) < 4.78 is 0. The highest BCUT2D eigenvalue weighted by molar-refractivity contribution is 7.13. The van der Waals surface area contributed by atoms with E-state index >= 15 is 0 Å². The molecule has 2 N–H and O–H groups in total. The third-order valence-electron chi connectivity index (χ3n) is 4.45. The Morgan fingerprint density at radius 3 is 2.76 bits per heavy atom. The summed E-state index contributed by atoms with van der Waals surface area (Å²) in [4.78, 5) is 16.7. The van der Waals surface area contributed by atoms with E-state index in [-0.39, 0.29) is 11.9 Å². The molecular formula is C18H20N4OS2. The Kier molecular flexibility index (Phi) is 4.85. The van der Waals surface area contributed by atoms with E-state index in [4.69, 9.17) is 0 Å². The molecule has 4 heterocycles. The Bertz CT molecular complexity index is 802. The van der Waals surface area contributed by atoms with Gasteiger partial charge < -0.3 is 10.2 Å². The molecule has 4 rings (SSSR count). The molecule has 7 heteroatoms. The van der Waals surface area contributed by atoms with Crippen molar-refractivity contribution in [1.82, 2.24) is 15.5 Å². The van der Waals surface area contributed by atoms with Crippen LogP contribution in [0.4, 0.5) is 5.82 Å². The predicted molar refractivity (Wildman–Crippen MR) is 103 cm³/mol. The molecule has 5 nitrogen and oxygen atoms in total. The highest BCUT2D eigenvalue weighted by Gasteiger charge is 2.22. The number of nitrogens with one attached hydrogen (secondary N) is 2. The van der Waals surface area contributed by atoms with Crippen LogP contribution in [-0.2, 0) is 11.2 Å². The number of carbonyl (C=O) groups is 1. The Balaban J connectivity index is 1.29. The topological polar surface area (TPSA) is 61.0 Å². The summed E-state index contributed by atoms with van der Waals surface area (Å²) in [7, 11) is 0. The third kappa shape index (κ3) is 3.93. The van der Waals surface area contributed by atoms with Gasteiger partial charge in [0.05, 0.1) is 17.0 Å². The zero-order valence-electron chi connectivity index (χ0n) is 13.8. The van der Waals surface area contributed by atoms with E-state index in [1.165, 1.54) is 4.88 Å². The largest absolute Gasteiger partial charge is 0.355 e. The molecule has 130 valence electrons. The van der Waals surface area contributed by atoms with Gasteiger partial charge in [0, 0.05) is 30.1 Å². The molecule has 25 heavy (non-hydrogen) atoms. The number of hydrogen-bond donors (Lipinski definition) is 2. The number of amides is 1. The Hall–Kier alpha value is -2.12. The number of hydrogen-bond acceptors (Lipinski definition) is 5. The molecule has 0 atom stereocenters. The van der Waals surface area contributed by atoms with Crippen LogP contribution in [0.5, 0.6) is 0 Å². The van der Waals surface area contributed by atoms with Crippen molar-refractivity contribution in [1.29, 1.82) is 0 Å². The maximum atomic E-state index is 12.1. The fraction of sp³-hybridized carbons (Fsp3) is 0.333. The van der Waals surface area contributed by atoms with E-state index in [0.29, 0.717) is 6.42 Å². The lowest BCUT2D eigenvalue weighted by atomic mass is 10.0. The number of piperidine rings is 1. The zero-order valence-corrected chi connectivity index (χ0v) is 15.4. The molecule has 0 radical (unpaired) electrons. The fourth-order valence-electron chi connectivity index (χ4n) is 3.13. The van der Waals surface area contributed by atoms with Crippen LogP contribution < -0.4 is 10.2 Å². The first kappa shape index (κ1) is 16.4. The van der Waals surface area contributed by atoms with Gasteiger partial charge in [0.1, 0.15) is 0 Å². The van der Waals surface area contributed by atoms with Crippen LogP contribution in [0.25, 0.3) is 10.6 Å². The number of anilines is 1. The standard InChI is InChI=1S/C18H20N4OS2/c23-18(11-14-3-1-9-24-14)19-13-5-7-22(8-6-13)17-12-15(20-21-17)16-4-2-10-25-16/h1-4,9-10,12-13H,5-8,11H2,(H,19,23)(H,20,21). The number of H-pyrrole nitrogens is 1. The van der Waals surface area contributed by atoms with Crippen molar-refractivity contribution in [3.8, 4) is 10.6 Å². The minimum absolute atomic E-state index is 0.126. The minimum Gasteiger partial charge on any atom is -0.355 e. The first-order valence-electron chi connectivity index (χ1n) is 8.44. The highest BCUT2D eigenvalue weighted by Crippen LogP contribution is 2.27. The summed E-state index contributed by atoms with van der Waals surface area (Å²) in [6.45, 7) is 1.83. The van der Waals surface area contributed by atoms with Crippen molar-refractivity contribution in [2.75, 3.05) is 18.0 Å². The Morgan fingerprint density at radius 1 is 1.24 bits per heavy atom. The molecule has 0 spiro atoms. The molecule has 1 saturated heterocycles. The van der Waals surface area contributed by atoms with Crippen LogP contribution in [0.1, 0.15) is 17.7 Å². The van der Waals surface area contributed by atoms with Crippen molar-refractivity contribution in [2.45, 2.75) is 25.3 Å². The predicted octanol–water partition coefficient (Wildman–Crippen LogP) is 3.53. The normalized spacial score (nSPS) is 15.4. The first-order valence-corrected chi connectivity index (χ1v) is 10.2. The number of nitrogens with zero attached hydrogens (tertiary/aromatic N) is 2.